The third-order valence-electron chi connectivity index (χ3n) is 2.78. The molecular weight excluding hydrogens is 226 g/mol. The summed E-state index contributed by atoms with van der Waals surface area (Å²) in [5.41, 5.74) is 9.35. The summed E-state index contributed by atoms with van der Waals surface area (Å²) in [5.74, 6) is 0.651. The SMILES string of the molecule is Cc1onc(C=Cc2ccc(N(C)C)cc2)c1N. The van der Waals surface area contributed by atoms with Crippen LogP contribution >= 0.6 is 0 Å². The van der Waals surface area contributed by atoms with E-state index in [-0.39, 0.29) is 0 Å². The fourth-order valence-corrected chi connectivity index (χ4v) is 1.58. The minimum atomic E-state index is 0.594. The number of anilines is 2. The van der Waals surface area contributed by atoms with Crippen LogP contribution in [0, 0.1) is 6.92 Å². The van der Waals surface area contributed by atoms with E-state index in [1.807, 2.05) is 26.2 Å². The van der Waals surface area contributed by atoms with Crippen LogP contribution in [-0.4, -0.2) is 19.3 Å². The molecule has 0 fully saturated rings. The van der Waals surface area contributed by atoms with Crippen molar-refractivity contribution in [1.29, 1.82) is 0 Å². The van der Waals surface area contributed by atoms with Crippen molar-refractivity contribution >= 4 is 23.5 Å². The van der Waals surface area contributed by atoms with Crippen molar-refractivity contribution in [2.24, 2.45) is 0 Å². The molecule has 0 atom stereocenters. The average Bonchev–Trinajstić information content (AvgIpc) is 2.68. The predicted octanol–water partition coefficient (Wildman–Crippen LogP) is 2.80. The molecule has 4 nitrogen and oxygen atoms in total. The minimum Gasteiger partial charge on any atom is -0.394 e. The molecule has 1 aromatic carbocycles. The van der Waals surface area contributed by atoms with E-state index in [1.54, 1.807) is 6.92 Å². The standard InChI is InChI=1S/C14H17N3O/c1-10-14(15)13(16-18-10)9-6-11-4-7-12(8-5-11)17(2)3/h4-9H,15H2,1-3H3. The van der Waals surface area contributed by atoms with Crippen LogP contribution in [0.1, 0.15) is 17.0 Å². The normalized spacial score (nSPS) is 11.1. The van der Waals surface area contributed by atoms with Gasteiger partial charge < -0.3 is 15.2 Å². The first-order valence-electron chi connectivity index (χ1n) is 5.75. The zero-order valence-corrected chi connectivity index (χ0v) is 10.8. The summed E-state index contributed by atoms with van der Waals surface area (Å²) in [6, 6.07) is 8.23. The molecule has 1 aromatic heterocycles. The lowest BCUT2D eigenvalue weighted by Gasteiger charge is -2.11. The van der Waals surface area contributed by atoms with Gasteiger partial charge in [0.2, 0.25) is 0 Å². The Morgan fingerprint density at radius 1 is 1.17 bits per heavy atom. The van der Waals surface area contributed by atoms with Crippen molar-refractivity contribution < 1.29 is 4.52 Å². The average molecular weight is 243 g/mol. The number of nitrogens with zero attached hydrogens (tertiary/aromatic N) is 2. The molecule has 0 radical (unpaired) electrons. The molecule has 0 aliphatic heterocycles. The monoisotopic (exact) mass is 243 g/mol. The molecule has 0 amide bonds. The zero-order chi connectivity index (χ0) is 13.1. The fraction of sp³-hybridized carbons (Fsp3) is 0.214. The van der Waals surface area contributed by atoms with Gasteiger partial charge >= 0.3 is 0 Å². The smallest absolute Gasteiger partial charge is 0.157 e. The Labute approximate surface area is 107 Å². The minimum absolute atomic E-state index is 0.594. The van der Waals surface area contributed by atoms with Crippen molar-refractivity contribution in [2.75, 3.05) is 24.7 Å². The second-order valence-corrected chi connectivity index (χ2v) is 4.36. The number of aryl methyl sites for hydroxylation is 1. The zero-order valence-electron chi connectivity index (χ0n) is 10.8. The maximum atomic E-state index is 5.82. The predicted molar refractivity (Wildman–Crippen MR) is 75.3 cm³/mol. The maximum absolute atomic E-state index is 5.82. The van der Waals surface area contributed by atoms with Gasteiger partial charge in [-0.15, -0.1) is 0 Å². The maximum Gasteiger partial charge on any atom is 0.157 e. The van der Waals surface area contributed by atoms with Gasteiger partial charge in [-0.2, -0.15) is 0 Å². The molecule has 0 bridgehead atoms. The van der Waals surface area contributed by atoms with E-state index in [0.29, 0.717) is 17.1 Å². The van der Waals surface area contributed by atoms with Gasteiger partial charge in [-0.1, -0.05) is 23.4 Å². The van der Waals surface area contributed by atoms with Crippen molar-refractivity contribution in [1.82, 2.24) is 5.16 Å². The Morgan fingerprint density at radius 2 is 1.83 bits per heavy atom. The Morgan fingerprint density at radius 3 is 2.33 bits per heavy atom. The molecule has 0 saturated heterocycles. The van der Waals surface area contributed by atoms with Crippen LogP contribution in [0.2, 0.25) is 0 Å². The largest absolute Gasteiger partial charge is 0.394 e. The van der Waals surface area contributed by atoms with E-state index >= 15 is 0 Å². The Kier molecular flexibility index (Phi) is 3.37. The lowest BCUT2D eigenvalue weighted by Crippen LogP contribution is -2.07. The van der Waals surface area contributed by atoms with Crippen LogP contribution in [0.3, 0.4) is 0 Å². The second-order valence-electron chi connectivity index (χ2n) is 4.36. The van der Waals surface area contributed by atoms with Crippen molar-refractivity contribution in [3.63, 3.8) is 0 Å². The first kappa shape index (κ1) is 12.2. The van der Waals surface area contributed by atoms with Crippen LogP contribution in [0.4, 0.5) is 11.4 Å². The summed E-state index contributed by atoms with van der Waals surface area (Å²) in [6.07, 6.45) is 3.82. The molecule has 94 valence electrons. The number of hydrogen-bond donors (Lipinski definition) is 1. The molecule has 18 heavy (non-hydrogen) atoms. The first-order valence-corrected chi connectivity index (χ1v) is 5.75. The van der Waals surface area contributed by atoms with E-state index in [4.69, 9.17) is 10.3 Å². The third kappa shape index (κ3) is 2.53. The van der Waals surface area contributed by atoms with Crippen LogP contribution in [0.25, 0.3) is 12.2 Å². The Balaban J connectivity index is 2.16. The fourth-order valence-electron chi connectivity index (χ4n) is 1.58. The van der Waals surface area contributed by atoms with Crippen LogP contribution in [0.15, 0.2) is 28.8 Å². The van der Waals surface area contributed by atoms with E-state index in [0.717, 1.165) is 5.56 Å². The molecule has 0 aliphatic carbocycles. The molecule has 0 saturated carbocycles. The summed E-state index contributed by atoms with van der Waals surface area (Å²) >= 11 is 0. The highest BCUT2D eigenvalue weighted by Crippen LogP contribution is 2.19. The lowest BCUT2D eigenvalue weighted by molar-refractivity contribution is 0.397. The molecule has 1 heterocycles. The highest BCUT2D eigenvalue weighted by Gasteiger charge is 2.04. The number of hydrogen-bond acceptors (Lipinski definition) is 4. The van der Waals surface area contributed by atoms with Crippen molar-refractivity contribution in [2.45, 2.75) is 6.92 Å². The molecule has 2 aromatic rings. The van der Waals surface area contributed by atoms with Gasteiger partial charge in [0.1, 0.15) is 11.4 Å². The van der Waals surface area contributed by atoms with E-state index in [1.165, 1.54) is 5.69 Å². The highest BCUT2D eigenvalue weighted by molar-refractivity contribution is 5.74. The van der Waals surface area contributed by atoms with E-state index < -0.39 is 0 Å². The number of nitrogen functional groups attached to an aromatic ring is 1. The molecule has 2 rings (SSSR count). The summed E-state index contributed by atoms with van der Waals surface area (Å²) in [7, 11) is 4.04. The van der Waals surface area contributed by atoms with E-state index in [9.17, 15) is 0 Å². The van der Waals surface area contributed by atoms with Gasteiger partial charge in [-0.3, -0.25) is 0 Å². The topological polar surface area (TPSA) is 55.3 Å². The van der Waals surface area contributed by atoms with Gasteiger partial charge in [0.05, 0.1) is 0 Å². The van der Waals surface area contributed by atoms with Gasteiger partial charge in [-0.05, 0) is 30.7 Å². The van der Waals surface area contributed by atoms with Gasteiger partial charge in [0.25, 0.3) is 0 Å². The summed E-state index contributed by atoms with van der Waals surface area (Å²) < 4.78 is 5.00. The summed E-state index contributed by atoms with van der Waals surface area (Å²) in [5, 5.41) is 3.88. The first-order chi connectivity index (χ1) is 8.58. The molecule has 0 spiro atoms. The molecule has 2 N–H and O–H groups in total. The van der Waals surface area contributed by atoms with Crippen molar-refractivity contribution in [3.05, 3.63) is 41.3 Å². The number of benzene rings is 1. The summed E-state index contributed by atoms with van der Waals surface area (Å²) in [4.78, 5) is 2.06. The Bertz CT molecular complexity index is 553. The van der Waals surface area contributed by atoms with Gasteiger partial charge in [0.15, 0.2) is 5.76 Å². The van der Waals surface area contributed by atoms with Crippen LogP contribution < -0.4 is 10.6 Å². The van der Waals surface area contributed by atoms with Crippen LogP contribution in [0.5, 0.6) is 0 Å². The number of aromatic nitrogens is 1. The van der Waals surface area contributed by atoms with Crippen LogP contribution in [-0.2, 0) is 0 Å². The quantitative estimate of drug-likeness (QED) is 0.900. The van der Waals surface area contributed by atoms with Crippen molar-refractivity contribution in [3.8, 4) is 0 Å². The Hall–Kier alpha value is -2.23. The molecule has 4 heteroatoms. The number of rotatable bonds is 3. The lowest BCUT2D eigenvalue weighted by atomic mass is 10.1. The van der Waals surface area contributed by atoms with Gasteiger partial charge in [-0.25, -0.2) is 0 Å². The number of nitrogens with two attached hydrogens (primary N) is 1. The molecule has 0 aliphatic rings. The van der Waals surface area contributed by atoms with Gasteiger partial charge in [0, 0.05) is 19.8 Å². The molecule has 0 unspecified atom stereocenters. The summed E-state index contributed by atoms with van der Waals surface area (Å²) in [6.45, 7) is 1.80. The highest BCUT2D eigenvalue weighted by atomic mass is 16.5. The third-order valence-corrected chi connectivity index (χ3v) is 2.78. The van der Waals surface area contributed by atoms with E-state index in [2.05, 4.69) is 34.3 Å². The molecular formula is C14H17N3O. The second kappa shape index (κ2) is 4.96.